The molecule has 0 atom stereocenters. The van der Waals surface area contributed by atoms with Gasteiger partial charge in [0.25, 0.3) is 0 Å². The zero-order valence-electron chi connectivity index (χ0n) is 12.3. The number of hydrogen-bond donors (Lipinski definition) is 3. The molecule has 0 radical (unpaired) electrons. The van der Waals surface area contributed by atoms with Crippen LogP contribution in [0, 0.1) is 5.82 Å². The van der Waals surface area contributed by atoms with Gasteiger partial charge in [0.15, 0.2) is 0 Å². The summed E-state index contributed by atoms with van der Waals surface area (Å²) < 4.78 is 13.0. The van der Waals surface area contributed by atoms with Crippen molar-refractivity contribution in [2.75, 3.05) is 37.7 Å². The van der Waals surface area contributed by atoms with Gasteiger partial charge in [-0.2, -0.15) is 0 Å². The van der Waals surface area contributed by atoms with Crippen molar-refractivity contribution in [2.24, 2.45) is 0 Å². The van der Waals surface area contributed by atoms with Crippen LogP contribution in [0.25, 0.3) is 0 Å². The van der Waals surface area contributed by atoms with Gasteiger partial charge in [0.2, 0.25) is 11.8 Å². The Bertz CT molecular complexity index is 508. The molecule has 0 unspecified atom stereocenters. The molecular formula is C14H21FN4O2. The molecule has 4 N–H and O–H groups in total. The van der Waals surface area contributed by atoms with Crippen LogP contribution in [0.1, 0.15) is 13.3 Å². The van der Waals surface area contributed by atoms with Crippen molar-refractivity contribution in [3.8, 4) is 0 Å². The van der Waals surface area contributed by atoms with Gasteiger partial charge in [0.05, 0.1) is 12.2 Å². The molecule has 1 aromatic rings. The van der Waals surface area contributed by atoms with Crippen LogP contribution in [0.2, 0.25) is 0 Å². The minimum atomic E-state index is -0.519. The van der Waals surface area contributed by atoms with Gasteiger partial charge >= 0.3 is 0 Å². The Labute approximate surface area is 123 Å². The van der Waals surface area contributed by atoms with Crippen molar-refractivity contribution in [3.63, 3.8) is 0 Å². The van der Waals surface area contributed by atoms with Crippen LogP contribution in [0.5, 0.6) is 0 Å². The third kappa shape index (κ3) is 6.22. The monoisotopic (exact) mass is 296 g/mol. The van der Waals surface area contributed by atoms with E-state index in [0.717, 1.165) is 0 Å². The average Bonchev–Trinajstić information content (AvgIpc) is 2.41. The first-order valence-electron chi connectivity index (χ1n) is 6.72. The van der Waals surface area contributed by atoms with Crippen molar-refractivity contribution in [1.82, 2.24) is 10.2 Å². The predicted octanol–water partition coefficient (Wildman–Crippen LogP) is 0.804. The minimum absolute atomic E-state index is 0.0128. The normalized spacial score (nSPS) is 10.5. The molecule has 0 saturated carbocycles. The number of nitrogen functional groups attached to an aromatic ring is 1. The highest BCUT2D eigenvalue weighted by Gasteiger charge is 2.09. The highest BCUT2D eigenvalue weighted by Crippen LogP contribution is 2.16. The fraction of sp³-hybridized carbons (Fsp3) is 0.429. The highest BCUT2D eigenvalue weighted by atomic mass is 19.1. The summed E-state index contributed by atoms with van der Waals surface area (Å²) in [5.74, 6) is -0.815. The standard InChI is InChI=1S/C14H21FN4O2/c1-3-17-14(21)9-19(2)7-6-13(20)18-10-4-5-11(15)12(16)8-10/h4-5,8H,3,6-7,9,16H2,1-2H3,(H,17,21)(H,18,20). The fourth-order valence-electron chi connectivity index (χ4n) is 1.71. The van der Waals surface area contributed by atoms with Crippen LogP contribution in [-0.2, 0) is 9.59 Å². The number of likely N-dealkylation sites (N-methyl/N-ethyl adjacent to an activating group) is 2. The number of carbonyl (C=O) groups excluding carboxylic acids is 2. The molecule has 0 aromatic heterocycles. The molecular weight excluding hydrogens is 275 g/mol. The van der Waals surface area contributed by atoms with Crippen LogP contribution in [-0.4, -0.2) is 43.4 Å². The lowest BCUT2D eigenvalue weighted by molar-refractivity contribution is -0.122. The third-order valence-corrected chi connectivity index (χ3v) is 2.79. The molecule has 6 nitrogen and oxygen atoms in total. The van der Waals surface area contributed by atoms with E-state index < -0.39 is 5.82 Å². The Morgan fingerprint density at radius 3 is 2.67 bits per heavy atom. The van der Waals surface area contributed by atoms with E-state index in [1.54, 1.807) is 11.9 Å². The number of rotatable bonds is 7. The Morgan fingerprint density at radius 1 is 1.33 bits per heavy atom. The molecule has 116 valence electrons. The van der Waals surface area contributed by atoms with E-state index in [0.29, 0.717) is 18.8 Å². The maximum absolute atomic E-state index is 13.0. The molecule has 7 heteroatoms. The number of carbonyl (C=O) groups is 2. The summed E-state index contributed by atoms with van der Waals surface area (Å²) in [6, 6.07) is 4.01. The van der Waals surface area contributed by atoms with Crippen LogP contribution in [0.4, 0.5) is 15.8 Å². The van der Waals surface area contributed by atoms with Gasteiger partial charge in [-0.25, -0.2) is 4.39 Å². The Morgan fingerprint density at radius 2 is 2.05 bits per heavy atom. The molecule has 0 aliphatic carbocycles. The van der Waals surface area contributed by atoms with Crippen molar-refractivity contribution in [2.45, 2.75) is 13.3 Å². The van der Waals surface area contributed by atoms with E-state index in [4.69, 9.17) is 5.73 Å². The Kier molecular flexibility index (Phi) is 6.61. The second kappa shape index (κ2) is 8.21. The van der Waals surface area contributed by atoms with Crippen LogP contribution in [0.3, 0.4) is 0 Å². The Balaban J connectivity index is 2.36. The first-order valence-corrected chi connectivity index (χ1v) is 6.72. The molecule has 0 aliphatic heterocycles. The molecule has 0 saturated heterocycles. The zero-order chi connectivity index (χ0) is 15.8. The van der Waals surface area contributed by atoms with E-state index in [9.17, 15) is 14.0 Å². The lowest BCUT2D eigenvalue weighted by Crippen LogP contribution is -2.36. The van der Waals surface area contributed by atoms with E-state index >= 15 is 0 Å². The number of amides is 2. The van der Waals surface area contributed by atoms with Crippen LogP contribution < -0.4 is 16.4 Å². The lowest BCUT2D eigenvalue weighted by atomic mass is 10.2. The summed E-state index contributed by atoms with van der Waals surface area (Å²) in [6.45, 7) is 3.11. The maximum Gasteiger partial charge on any atom is 0.234 e. The summed E-state index contributed by atoms with van der Waals surface area (Å²) in [5, 5.41) is 5.32. The maximum atomic E-state index is 13.0. The molecule has 1 rings (SSSR count). The number of anilines is 2. The van der Waals surface area contributed by atoms with Crippen LogP contribution >= 0.6 is 0 Å². The molecule has 2 amide bonds. The molecule has 0 aliphatic rings. The van der Waals surface area contributed by atoms with Crippen molar-refractivity contribution in [3.05, 3.63) is 24.0 Å². The van der Waals surface area contributed by atoms with Crippen LogP contribution in [0.15, 0.2) is 18.2 Å². The van der Waals surface area contributed by atoms with Gasteiger partial charge in [-0.3, -0.25) is 14.5 Å². The van der Waals surface area contributed by atoms with Crippen molar-refractivity contribution >= 4 is 23.2 Å². The van der Waals surface area contributed by atoms with Gasteiger partial charge in [-0.1, -0.05) is 0 Å². The summed E-state index contributed by atoms with van der Waals surface area (Å²) in [7, 11) is 1.76. The molecule has 0 fully saturated rings. The number of hydrogen-bond acceptors (Lipinski definition) is 4. The van der Waals surface area contributed by atoms with Gasteiger partial charge in [0.1, 0.15) is 5.82 Å². The van der Waals surface area contributed by atoms with Crippen molar-refractivity contribution < 1.29 is 14.0 Å². The topological polar surface area (TPSA) is 87.5 Å². The first kappa shape index (κ1) is 16.9. The average molecular weight is 296 g/mol. The van der Waals surface area contributed by atoms with E-state index in [-0.39, 0.29) is 30.5 Å². The summed E-state index contributed by atoms with van der Waals surface area (Å²) in [4.78, 5) is 24.9. The van der Waals surface area contributed by atoms with E-state index in [1.807, 2.05) is 6.92 Å². The quantitative estimate of drug-likeness (QED) is 0.650. The number of halogens is 1. The second-order valence-corrected chi connectivity index (χ2v) is 4.73. The molecule has 0 spiro atoms. The lowest BCUT2D eigenvalue weighted by Gasteiger charge is -2.15. The highest BCUT2D eigenvalue weighted by molar-refractivity contribution is 5.91. The van der Waals surface area contributed by atoms with Gasteiger partial charge in [0, 0.05) is 25.2 Å². The summed E-state index contributed by atoms with van der Waals surface area (Å²) in [5.41, 5.74) is 5.86. The summed E-state index contributed by atoms with van der Waals surface area (Å²) in [6.07, 6.45) is 0.229. The van der Waals surface area contributed by atoms with E-state index in [2.05, 4.69) is 10.6 Å². The number of benzene rings is 1. The zero-order valence-corrected chi connectivity index (χ0v) is 12.3. The minimum Gasteiger partial charge on any atom is -0.396 e. The number of nitrogens with two attached hydrogens (primary N) is 1. The second-order valence-electron chi connectivity index (χ2n) is 4.73. The third-order valence-electron chi connectivity index (χ3n) is 2.79. The molecule has 0 bridgehead atoms. The smallest absolute Gasteiger partial charge is 0.234 e. The summed E-state index contributed by atoms with van der Waals surface area (Å²) >= 11 is 0. The SMILES string of the molecule is CCNC(=O)CN(C)CCC(=O)Nc1ccc(F)c(N)c1. The Hall–Kier alpha value is -2.15. The predicted molar refractivity (Wildman–Crippen MR) is 80.2 cm³/mol. The number of nitrogens with zero attached hydrogens (tertiary/aromatic N) is 1. The molecule has 0 heterocycles. The molecule has 21 heavy (non-hydrogen) atoms. The van der Waals surface area contributed by atoms with Gasteiger partial charge in [-0.05, 0) is 32.2 Å². The number of nitrogens with one attached hydrogen (secondary N) is 2. The van der Waals surface area contributed by atoms with Gasteiger partial charge < -0.3 is 16.4 Å². The van der Waals surface area contributed by atoms with E-state index in [1.165, 1.54) is 18.2 Å². The molecule has 1 aromatic carbocycles. The first-order chi connectivity index (χ1) is 9.92. The van der Waals surface area contributed by atoms with Gasteiger partial charge in [-0.15, -0.1) is 0 Å². The fourth-order valence-corrected chi connectivity index (χ4v) is 1.71. The largest absolute Gasteiger partial charge is 0.396 e. The van der Waals surface area contributed by atoms with Crippen molar-refractivity contribution in [1.29, 1.82) is 0 Å².